The maximum atomic E-state index is 12.0. The highest BCUT2D eigenvalue weighted by atomic mass is 16.4. The van der Waals surface area contributed by atoms with Crippen LogP contribution in [0.4, 0.5) is 0 Å². The summed E-state index contributed by atoms with van der Waals surface area (Å²) in [5, 5.41) is 18.5. The third-order valence-corrected chi connectivity index (χ3v) is 3.00. The molecule has 0 aliphatic carbocycles. The summed E-state index contributed by atoms with van der Waals surface area (Å²) in [5.41, 5.74) is 4.16. The van der Waals surface area contributed by atoms with Crippen LogP contribution in [0, 0.1) is 0 Å². The van der Waals surface area contributed by atoms with Gasteiger partial charge in [-0.05, 0) is 18.6 Å². The number of pyridine rings is 1. The van der Waals surface area contributed by atoms with Crippen LogP contribution in [0.2, 0.25) is 0 Å². The number of hydrogen-bond donors (Lipinski definition) is 3. The Bertz CT molecular complexity index is 505. The average Bonchev–Trinajstić information content (AvgIpc) is 2.73. The SMILES string of the molecule is NC1(C(=O)O)CCN(C(=O)c2ncccc2O)C1. The van der Waals surface area contributed by atoms with Gasteiger partial charge in [0.05, 0.1) is 0 Å². The topological polar surface area (TPSA) is 117 Å². The molecule has 18 heavy (non-hydrogen) atoms. The number of nitrogens with two attached hydrogens (primary N) is 1. The minimum Gasteiger partial charge on any atom is -0.505 e. The molecule has 0 radical (unpaired) electrons. The molecule has 2 rings (SSSR count). The Morgan fingerprint density at radius 1 is 1.50 bits per heavy atom. The van der Waals surface area contributed by atoms with Gasteiger partial charge < -0.3 is 20.8 Å². The fourth-order valence-corrected chi connectivity index (χ4v) is 1.89. The Hall–Kier alpha value is -2.15. The van der Waals surface area contributed by atoms with Crippen molar-refractivity contribution in [2.24, 2.45) is 5.73 Å². The number of aromatic nitrogens is 1. The summed E-state index contributed by atoms with van der Waals surface area (Å²) in [5.74, 6) is -1.88. The number of carboxylic acids is 1. The number of carbonyl (C=O) groups is 2. The van der Waals surface area contributed by atoms with Gasteiger partial charge in [0.1, 0.15) is 11.3 Å². The number of carboxylic acid groups (broad SMARTS) is 1. The lowest BCUT2D eigenvalue weighted by Crippen LogP contribution is -2.50. The number of likely N-dealkylation sites (tertiary alicyclic amines) is 1. The second kappa shape index (κ2) is 4.26. The van der Waals surface area contributed by atoms with Crippen molar-refractivity contribution in [1.29, 1.82) is 0 Å². The molecule has 1 aliphatic heterocycles. The molecule has 1 aromatic heterocycles. The van der Waals surface area contributed by atoms with E-state index in [9.17, 15) is 14.7 Å². The molecule has 0 aromatic carbocycles. The fraction of sp³-hybridized carbons (Fsp3) is 0.364. The molecule has 0 bridgehead atoms. The van der Waals surface area contributed by atoms with E-state index < -0.39 is 17.4 Å². The largest absolute Gasteiger partial charge is 0.505 e. The van der Waals surface area contributed by atoms with Gasteiger partial charge in [-0.25, -0.2) is 4.98 Å². The molecule has 0 saturated carbocycles. The van der Waals surface area contributed by atoms with Gasteiger partial charge in [0.25, 0.3) is 5.91 Å². The quantitative estimate of drug-likeness (QED) is 0.647. The Kier molecular flexibility index (Phi) is 2.92. The van der Waals surface area contributed by atoms with E-state index in [1.54, 1.807) is 0 Å². The van der Waals surface area contributed by atoms with Crippen molar-refractivity contribution in [2.75, 3.05) is 13.1 Å². The highest BCUT2D eigenvalue weighted by molar-refractivity contribution is 5.95. The molecular weight excluding hydrogens is 238 g/mol. The molecule has 1 fully saturated rings. The first kappa shape index (κ1) is 12.3. The molecule has 1 aromatic rings. The van der Waals surface area contributed by atoms with Crippen molar-refractivity contribution < 1.29 is 19.8 Å². The zero-order valence-corrected chi connectivity index (χ0v) is 9.54. The number of aromatic hydroxyl groups is 1. The second-order valence-electron chi connectivity index (χ2n) is 4.31. The van der Waals surface area contributed by atoms with Crippen molar-refractivity contribution in [3.8, 4) is 5.75 Å². The number of amides is 1. The molecule has 1 unspecified atom stereocenters. The predicted octanol–water partition coefficient (Wildman–Crippen LogP) is -0.585. The third kappa shape index (κ3) is 2.00. The van der Waals surface area contributed by atoms with Crippen LogP contribution in [0.25, 0.3) is 0 Å². The highest BCUT2D eigenvalue weighted by Crippen LogP contribution is 2.23. The van der Waals surface area contributed by atoms with Crippen LogP contribution in [-0.2, 0) is 4.79 Å². The molecule has 1 saturated heterocycles. The van der Waals surface area contributed by atoms with Gasteiger partial charge >= 0.3 is 5.97 Å². The molecule has 2 heterocycles. The lowest BCUT2D eigenvalue weighted by molar-refractivity contribution is -0.142. The Balaban J connectivity index is 2.18. The van der Waals surface area contributed by atoms with Crippen LogP contribution < -0.4 is 5.73 Å². The number of nitrogens with zero attached hydrogens (tertiary/aromatic N) is 2. The third-order valence-electron chi connectivity index (χ3n) is 3.00. The molecule has 0 spiro atoms. The van der Waals surface area contributed by atoms with Gasteiger partial charge in [0.2, 0.25) is 0 Å². The number of carbonyl (C=O) groups excluding carboxylic acids is 1. The minimum absolute atomic E-state index is 0.0861. The molecule has 1 amide bonds. The average molecular weight is 251 g/mol. The summed E-state index contributed by atoms with van der Waals surface area (Å²) in [6.45, 7) is 0.148. The summed E-state index contributed by atoms with van der Waals surface area (Å²) in [6, 6.07) is 2.85. The van der Waals surface area contributed by atoms with Crippen LogP contribution >= 0.6 is 0 Å². The summed E-state index contributed by atoms with van der Waals surface area (Å²) in [6.07, 6.45) is 1.57. The summed E-state index contributed by atoms with van der Waals surface area (Å²) in [7, 11) is 0. The second-order valence-corrected chi connectivity index (χ2v) is 4.31. The summed E-state index contributed by atoms with van der Waals surface area (Å²) >= 11 is 0. The minimum atomic E-state index is -1.42. The van der Waals surface area contributed by atoms with Crippen LogP contribution in [0.5, 0.6) is 5.75 Å². The zero-order valence-electron chi connectivity index (χ0n) is 9.54. The van der Waals surface area contributed by atoms with Crippen molar-refractivity contribution in [2.45, 2.75) is 12.0 Å². The van der Waals surface area contributed by atoms with Crippen LogP contribution in [-0.4, -0.2) is 50.6 Å². The van der Waals surface area contributed by atoms with Gasteiger partial charge in [-0.3, -0.25) is 9.59 Å². The van der Waals surface area contributed by atoms with Gasteiger partial charge in [0.15, 0.2) is 5.69 Å². The van der Waals surface area contributed by atoms with E-state index in [0.29, 0.717) is 0 Å². The normalized spacial score (nSPS) is 23.1. The van der Waals surface area contributed by atoms with Crippen molar-refractivity contribution in [1.82, 2.24) is 9.88 Å². The first-order valence-electron chi connectivity index (χ1n) is 5.39. The van der Waals surface area contributed by atoms with Crippen molar-refractivity contribution in [3.63, 3.8) is 0 Å². The molecule has 1 aliphatic rings. The van der Waals surface area contributed by atoms with E-state index in [1.807, 2.05) is 0 Å². The molecule has 7 nitrogen and oxygen atoms in total. The smallest absolute Gasteiger partial charge is 0.325 e. The Morgan fingerprint density at radius 3 is 2.78 bits per heavy atom. The van der Waals surface area contributed by atoms with Gasteiger partial charge in [-0.1, -0.05) is 0 Å². The lowest BCUT2D eigenvalue weighted by Gasteiger charge is -2.20. The number of aliphatic carboxylic acids is 1. The van der Waals surface area contributed by atoms with E-state index in [4.69, 9.17) is 10.8 Å². The lowest BCUT2D eigenvalue weighted by atomic mass is 10.0. The predicted molar refractivity (Wildman–Crippen MR) is 61.0 cm³/mol. The molecule has 1 atom stereocenters. The number of rotatable bonds is 2. The first-order chi connectivity index (χ1) is 8.44. The van der Waals surface area contributed by atoms with Crippen LogP contribution in [0.1, 0.15) is 16.9 Å². The van der Waals surface area contributed by atoms with E-state index in [2.05, 4.69) is 4.98 Å². The van der Waals surface area contributed by atoms with Gasteiger partial charge in [-0.15, -0.1) is 0 Å². The monoisotopic (exact) mass is 251 g/mol. The maximum Gasteiger partial charge on any atom is 0.325 e. The van der Waals surface area contributed by atoms with Crippen molar-refractivity contribution >= 4 is 11.9 Å². The van der Waals surface area contributed by atoms with Gasteiger partial charge in [0, 0.05) is 19.3 Å². The van der Waals surface area contributed by atoms with E-state index >= 15 is 0 Å². The molecular formula is C11H13N3O4. The van der Waals surface area contributed by atoms with Gasteiger partial charge in [-0.2, -0.15) is 0 Å². The van der Waals surface area contributed by atoms with Crippen LogP contribution in [0.3, 0.4) is 0 Å². The van der Waals surface area contributed by atoms with E-state index in [0.717, 1.165) is 0 Å². The Labute approximate surface area is 103 Å². The first-order valence-corrected chi connectivity index (χ1v) is 5.39. The van der Waals surface area contributed by atoms with Crippen molar-refractivity contribution in [3.05, 3.63) is 24.0 Å². The van der Waals surface area contributed by atoms with E-state index in [-0.39, 0.29) is 31.0 Å². The van der Waals surface area contributed by atoms with Crippen LogP contribution in [0.15, 0.2) is 18.3 Å². The summed E-state index contributed by atoms with van der Waals surface area (Å²) < 4.78 is 0. The number of hydrogen-bond acceptors (Lipinski definition) is 5. The summed E-state index contributed by atoms with van der Waals surface area (Å²) in [4.78, 5) is 28.1. The maximum absolute atomic E-state index is 12.0. The standard InChI is InChI=1S/C11H13N3O4/c12-11(10(17)18)3-5-14(6-11)9(16)8-7(15)2-1-4-13-8/h1-2,4,15H,3,5-6,12H2,(H,17,18). The Morgan fingerprint density at radius 2 is 2.22 bits per heavy atom. The molecule has 4 N–H and O–H groups in total. The molecule has 7 heteroatoms. The zero-order chi connectivity index (χ0) is 13.3. The molecule has 96 valence electrons. The fourth-order valence-electron chi connectivity index (χ4n) is 1.89. The highest BCUT2D eigenvalue weighted by Gasteiger charge is 2.43. The van der Waals surface area contributed by atoms with E-state index in [1.165, 1.54) is 23.2 Å².